The molecule has 0 radical (unpaired) electrons. The first-order valence-corrected chi connectivity index (χ1v) is 13.2. The number of amides is 1. The fourth-order valence-electron chi connectivity index (χ4n) is 3.57. The maximum absolute atomic E-state index is 13.3. The van der Waals surface area contributed by atoms with E-state index >= 15 is 0 Å². The monoisotopic (exact) mass is 553 g/mol. The van der Waals surface area contributed by atoms with E-state index in [1.807, 2.05) is 6.92 Å². The highest BCUT2D eigenvalue weighted by molar-refractivity contribution is 7.89. The number of thiazole rings is 1. The van der Waals surface area contributed by atoms with Gasteiger partial charge in [0.05, 0.1) is 14.9 Å². The quantitative estimate of drug-likeness (QED) is 0.489. The molecule has 0 saturated carbocycles. The van der Waals surface area contributed by atoms with Crippen LogP contribution in [0.5, 0.6) is 0 Å². The lowest BCUT2D eigenvalue weighted by Crippen LogP contribution is -2.42. The van der Waals surface area contributed by atoms with Crippen molar-refractivity contribution in [3.63, 3.8) is 0 Å². The molecule has 3 rings (SSSR count). The van der Waals surface area contributed by atoms with Crippen LogP contribution in [0, 0.1) is 12.3 Å². The summed E-state index contributed by atoms with van der Waals surface area (Å²) in [6, 6.07) is 0.0791. The molecule has 1 aliphatic heterocycles. The molecule has 1 aliphatic rings. The minimum absolute atomic E-state index is 0.000948. The summed E-state index contributed by atoms with van der Waals surface area (Å²) in [5.74, 6) is 2.04. The van der Waals surface area contributed by atoms with Gasteiger partial charge in [-0.3, -0.25) is 4.79 Å². The van der Waals surface area contributed by atoms with Crippen molar-refractivity contribution in [3.8, 4) is 22.8 Å². The molecule has 2 atom stereocenters. The van der Waals surface area contributed by atoms with E-state index in [0.29, 0.717) is 11.4 Å². The maximum Gasteiger partial charge on any atom is 0.274 e. The molecule has 0 spiro atoms. The lowest BCUT2D eigenvalue weighted by molar-refractivity contribution is 0.0631. The Morgan fingerprint density at radius 2 is 2.06 bits per heavy atom. The third-order valence-corrected chi connectivity index (χ3v) is 8.92. The zero-order valence-electron chi connectivity index (χ0n) is 17.8. The van der Waals surface area contributed by atoms with Crippen LogP contribution in [0.25, 0.3) is 10.4 Å². The van der Waals surface area contributed by atoms with Gasteiger partial charge in [-0.05, 0) is 38.2 Å². The van der Waals surface area contributed by atoms with E-state index < -0.39 is 39.1 Å². The molecule has 1 N–H and O–H groups in total. The van der Waals surface area contributed by atoms with Crippen molar-refractivity contribution >= 4 is 50.5 Å². The summed E-state index contributed by atoms with van der Waals surface area (Å²) in [7, 11) is -4.63. The number of aromatic nitrogens is 1. The predicted octanol–water partition coefficient (Wildman–Crippen LogP) is 4.99. The highest BCUT2D eigenvalue weighted by Gasteiger charge is 2.32. The summed E-state index contributed by atoms with van der Waals surface area (Å²) in [6.45, 7) is 0.877. The summed E-state index contributed by atoms with van der Waals surface area (Å²) < 4.78 is 65.2. The summed E-state index contributed by atoms with van der Waals surface area (Å²) >= 11 is 13.6. The number of piperidine rings is 1. The first kappa shape index (κ1) is 26.8. The molecule has 13 heteroatoms. The van der Waals surface area contributed by atoms with Gasteiger partial charge >= 0.3 is 0 Å². The van der Waals surface area contributed by atoms with E-state index in [2.05, 4.69) is 10.9 Å². The molecule has 34 heavy (non-hydrogen) atoms. The van der Waals surface area contributed by atoms with E-state index in [-0.39, 0.29) is 33.2 Å². The first-order chi connectivity index (χ1) is 16.0. The van der Waals surface area contributed by atoms with E-state index in [4.69, 9.17) is 29.6 Å². The fourth-order valence-corrected chi connectivity index (χ4v) is 6.59. The van der Waals surface area contributed by atoms with Crippen LogP contribution in [0.4, 0.5) is 13.2 Å². The Balaban J connectivity index is 2.05. The van der Waals surface area contributed by atoms with Gasteiger partial charge in [0.25, 0.3) is 12.3 Å². The van der Waals surface area contributed by atoms with Gasteiger partial charge in [-0.1, -0.05) is 29.3 Å². The van der Waals surface area contributed by atoms with Gasteiger partial charge in [0, 0.05) is 18.2 Å². The molecule has 1 amide bonds. The molecule has 1 aromatic heterocycles. The predicted molar refractivity (Wildman–Crippen MR) is 126 cm³/mol. The van der Waals surface area contributed by atoms with Crippen molar-refractivity contribution in [3.05, 3.63) is 32.9 Å². The van der Waals surface area contributed by atoms with Gasteiger partial charge in [0.15, 0.2) is 5.01 Å². The topological polar surface area (TPSA) is 79.4 Å². The molecule has 184 valence electrons. The highest BCUT2D eigenvalue weighted by Crippen LogP contribution is 2.42. The molecule has 1 aromatic carbocycles. The Hall–Kier alpha value is -1.84. The van der Waals surface area contributed by atoms with E-state index in [1.165, 1.54) is 6.07 Å². The van der Waals surface area contributed by atoms with Gasteiger partial charge in [-0.25, -0.2) is 26.6 Å². The van der Waals surface area contributed by atoms with Crippen LogP contribution >= 0.6 is 34.5 Å². The Bertz CT molecular complexity index is 1230. The zero-order chi connectivity index (χ0) is 25.2. The second kappa shape index (κ2) is 10.8. The van der Waals surface area contributed by atoms with Crippen molar-refractivity contribution in [2.75, 3.05) is 13.2 Å². The normalized spacial score (nSPS) is 17.6. The van der Waals surface area contributed by atoms with Crippen LogP contribution in [0.1, 0.15) is 41.7 Å². The number of nitrogens with one attached hydrogen (secondary N) is 1. The summed E-state index contributed by atoms with van der Waals surface area (Å²) in [5.41, 5.74) is 0.266. The zero-order valence-corrected chi connectivity index (χ0v) is 21.0. The number of sulfonamides is 1. The Morgan fingerprint density at radius 3 is 2.65 bits per heavy atom. The number of rotatable bonds is 7. The molecule has 2 aromatic rings. The maximum atomic E-state index is 13.3. The van der Waals surface area contributed by atoms with Crippen molar-refractivity contribution < 1.29 is 26.4 Å². The van der Waals surface area contributed by atoms with Gasteiger partial charge in [-0.15, -0.1) is 17.8 Å². The number of nitrogens with zero attached hydrogens (tertiary/aromatic N) is 2. The Morgan fingerprint density at radius 1 is 1.35 bits per heavy atom. The van der Waals surface area contributed by atoms with Crippen molar-refractivity contribution in [2.45, 2.75) is 49.6 Å². The van der Waals surface area contributed by atoms with Gasteiger partial charge in [0.1, 0.15) is 23.3 Å². The summed E-state index contributed by atoms with van der Waals surface area (Å²) in [4.78, 5) is 18.9. The van der Waals surface area contributed by atoms with Crippen molar-refractivity contribution in [1.29, 1.82) is 0 Å². The molecular formula is C21H20Cl2F3N3O3S2. The van der Waals surface area contributed by atoms with E-state index in [9.17, 15) is 26.4 Å². The average molecular weight is 554 g/mol. The minimum atomic E-state index is -4.63. The number of benzene rings is 1. The average Bonchev–Trinajstić information content (AvgIpc) is 3.23. The molecule has 1 saturated heterocycles. The van der Waals surface area contributed by atoms with Gasteiger partial charge < -0.3 is 4.90 Å². The number of alkyl halides is 3. The lowest BCUT2D eigenvalue weighted by atomic mass is 10.0. The number of terminal acetylenes is 1. The Kier molecular flexibility index (Phi) is 8.52. The number of hydrogen-bond acceptors (Lipinski definition) is 5. The standard InChI is InChI=1S/C21H20Cl2F3N3O3S2/c1-3-15-27-18(21(30)29-9-5-4-6-11(29)2)19(33-15)12-7-8-14(17(23)16(12)22)34(31,32)28-13(10-24)20(25)26/h1,7-8,11,13,20,28H,4-6,9-10H2,2H3. The summed E-state index contributed by atoms with van der Waals surface area (Å²) in [6.07, 6.45) is 4.92. The van der Waals surface area contributed by atoms with Crippen LogP contribution < -0.4 is 4.72 Å². The second-order valence-corrected chi connectivity index (χ2v) is 11.1. The number of hydrogen-bond donors (Lipinski definition) is 1. The molecule has 6 nitrogen and oxygen atoms in total. The highest BCUT2D eigenvalue weighted by atomic mass is 35.5. The number of likely N-dealkylation sites (tertiary alicyclic amines) is 1. The third kappa shape index (κ3) is 5.36. The summed E-state index contributed by atoms with van der Waals surface area (Å²) in [5, 5.41) is -0.499. The number of carbonyl (C=O) groups excluding carboxylic acids is 1. The number of carbonyl (C=O) groups is 1. The molecule has 1 fully saturated rings. The van der Waals surface area contributed by atoms with Crippen LogP contribution in [0.2, 0.25) is 10.0 Å². The lowest BCUT2D eigenvalue weighted by Gasteiger charge is -2.33. The van der Waals surface area contributed by atoms with Crippen LogP contribution in [0.3, 0.4) is 0 Å². The van der Waals surface area contributed by atoms with Crippen LogP contribution in [0.15, 0.2) is 17.0 Å². The van der Waals surface area contributed by atoms with E-state index in [1.54, 1.807) is 9.62 Å². The molecule has 2 heterocycles. The molecule has 0 bridgehead atoms. The first-order valence-electron chi connectivity index (χ1n) is 10.1. The second-order valence-electron chi connectivity index (χ2n) is 7.64. The molecule has 2 unspecified atom stereocenters. The van der Waals surface area contributed by atoms with Crippen molar-refractivity contribution in [2.24, 2.45) is 0 Å². The van der Waals surface area contributed by atoms with Gasteiger partial charge in [-0.2, -0.15) is 4.72 Å². The fraction of sp³-hybridized carbons (Fsp3) is 0.429. The molecular weight excluding hydrogens is 534 g/mol. The van der Waals surface area contributed by atoms with Crippen molar-refractivity contribution in [1.82, 2.24) is 14.6 Å². The minimum Gasteiger partial charge on any atom is -0.335 e. The third-order valence-electron chi connectivity index (χ3n) is 5.37. The van der Waals surface area contributed by atoms with Crippen LogP contribution in [-0.4, -0.2) is 55.9 Å². The SMILES string of the molecule is C#Cc1nc(C(=O)N2CCCCC2C)c(-c2ccc(S(=O)(=O)NC(CF)C(F)F)c(Cl)c2Cl)s1. The smallest absolute Gasteiger partial charge is 0.274 e. The molecule has 0 aliphatic carbocycles. The van der Waals surface area contributed by atoms with Gasteiger partial charge in [0.2, 0.25) is 10.0 Å². The Labute approximate surface area is 209 Å². The largest absolute Gasteiger partial charge is 0.335 e. The van der Waals surface area contributed by atoms with E-state index in [0.717, 1.165) is 36.7 Å². The van der Waals surface area contributed by atoms with Crippen LogP contribution in [-0.2, 0) is 10.0 Å². The number of halogens is 5.